The Bertz CT molecular complexity index is 1150. The van der Waals surface area contributed by atoms with Crippen LogP contribution in [0.1, 0.15) is 162 Å². The first-order valence-electron chi connectivity index (χ1n) is 21.2. The molecule has 0 spiro atoms. The standard InChI is InChI=1S/C43H75O11P/c1-3-5-7-8-9-10-11-12-13-14-15-16-17-18-19-20-25-29-42(47)52-34-37(35-53-55(49,50)51)54-43(48)30-26-22-21-24-28-38-39(41(46)33-40(38)45)32-31-36(44)27-23-6-4-2/h9-10,12-13,15-16,31-32,36-41,44-46H,3-8,11,14,17-30,33-35H2,1-2H3,(H2,49,50,51)/b10-9-,13-12-,16-15-,32-31+/t36-,37+,38+,39+,40-,41+/m0/s1. The summed E-state index contributed by atoms with van der Waals surface area (Å²) in [7, 11) is -4.82. The Kier molecular flexibility index (Phi) is 30.5. The van der Waals surface area contributed by atoms with Gasteiger partial charge < -0.3 is 34.6 Å². The first kappa shape index (κ1) is 50.9. The Balaban J connectivity index is 2.28. The molecule has 6 atom stereocenters. The number of hydrogen-bond donors (Lipinski definition) is 5. The van der Waals surface area contributed by atoms with Crippen molar-refractivity contribution in [2.24, 2.45) is 11.8 Å². The summed E-state index contributed by atoms with van der Waals surface area (Å²) in [6.07, 6.45) is 33.2. The van der Waals surface area contributed by atoms with Crippen LogP contribution >= 0.6 is 7.82 Å². The van der Waals surface area contributed by atoms with E-state index in [1.807, 2.05) is 6.08 Å². The van der Waals surface area contributed by atoms with Crippen LogP contribution in [0.2, 0.25) is 0 Å². The predicted octanol–water partition coefficient (Wildman–Crippen LogP) is 9.12. The van der Waals surface area contributed by atoms with Crippen LogP contribution in [0.5, 0.6) is 0 Å². The van der Waals surface area contributed by atoms with E-state index < -0.39 is 50.8 Å². The number of phosphoric acid groups is 1. The van der Waals surface area contributed by atoms with Crippen molar-refractivity contribution in [2.45, 2.75) is 186 Å². The molecule has 1 fully saturated rings. The largest absolute Gasteiger partial charge is 0.469 e. The van der Waals surface area contributed by atoms with Gasteiger partial charge in [0, 0.05) is 25.2 Å². The molecule has 11 nitrogen and oxygen atoms in total. The van der Waals surface area contributed by atoms with E-state index in [-0.39, 0.29) is 31.3 Å². The van der Waals surface area contributed by atoms with Crippen LogP contribution in [0.15, 0.2) is 48.6 Å². The second-order valence-corrected chi connectivity index (χ2v) is 16.2. The lowest BCUT2D eigenvalue weighted by atomic mass is 9.88. The molecule has 0 unspecified atom stereocenters. The Hall–Kier alpha value is -2.11. The van der Waals surface area contributed by atoms with Crippen molar-refractivity contribution >= 4 is 19.8 Å². The summed E-state index contributed by atoms with van der Waals surface area (Å²) in [5, 5.41) is 31.3. The van der Waals surface area contributed by atoms with Gasteiger partial charge >= 0.3 is 19.8 Å². The Labute approximate surface area is 331 Å². The average molecular weight is 799 g/mol. The monoisotopic (exact) mass is 799 g/mol. The molecular weight excluding hydrogens is 723 g/mol. The number of unbranched alkanes of at least 4 members (excludes halogenated alkanes) is 12. The number of aliphatic hydroxyl groups excluding tert-OH is 3. The molecule has 1 saturated carbocycles. The molecule has 318 valence electrons. The van der Waals surface area contributed by atoms with Crippen molar-refractivity contribution in [1.82, 2.24) is 0 Å². The van der Waals surface area contributed by atoms with Gasteiger partial charge in [-0.2, -0.15) is 0 Å². The minimum absolute atomic E-state index is 0.0785. The van der Waals surface area contributed by atoms with Crippen molar-refractivity contribution in [3.8, 4) is 0 Å². The van der Waals surface area contributed by atoms with Crippen LogP contribution in [0.3, 0.4) is 0 Å². The summed E-state index contributed by atoms with van der Waals surface area (Å²) in [6, 6.07) is 0. The highest BCUT2D eigenvalue weighted by Crippen LogP contribution is 2.38. The lowest BCUT2D eigenvalue weighted by Crippen LogP contribution is -2.29. The number of aliphatic hydroxyl groups is 3. The zero-order valence-electron chi connectivity index (χ0n) is 33.9. The van der Waals surface area contributed by atoms with Crippen LogP contribution in [0, 0.1) is 11.8 Å². The van der Waals surface area contributed by atoms with Crippen LogP contribution in [-0.4, -0.2) is 74.7 Å². The van der Waals surface area contributed by atoms with E-state index in [9.17, 15) is 29.5 Å². The molecule has 1 aliphatic rings. The Morgan fingerprint density at radius 1 is 0.709 bits per heavy atom. The molecule has 0 heterocycles. The van der Waals surface area contributed by atoms with Gasteiger partial charge in [0.2, 0.25) is 0 Å². The van der Waals surface area contributed by atoms with E-state index in [4.69, 9.17) is 19.3 Å². The smallest absolute Gasteiger partial charge is 0.462 e. The van der Waals surface area contributed by atoms with E-state index >= 15 is 0 Å². The van der Waals surface area contributed by atoms with Gasteiger partial charge in [-0.25, -0.2) is 4.57 Å². The molecule has 1 rings (SSSR count). The number of phosphoric ester groups is 1. The third kappa shape index (κ3) is 28.9. The second-order valence-electron chi connectivity index (χ2n) is 14.9. The fourth-order valence-corrected chi connectivity index (χ4v) is 7.07. The first-order chi connectivity index (χ1) is 26.5. The summed E-state index contributed by atoms with van der Waals surface area (Å²) < 4.78 is 26.4. The molecule has 55 heavy (non-hydrogen) atoms. The molecule has 0 aromatic rings. The maximum atomic E-state index is 12.5. The summed E-state index contributed by atoms with van der Waals surface area (Å²) in [4.78, 5) is 43.1. The Morgan fingerprint density at radius 2 is 1.27 bits per heavy atom. The molecule has 0 amide bonds. The first-order valence-corrected chi connectivity index (χ1v) is 22.7. The van der Waals surface area contributed by atoms with Crippen molar-refractivity contribution < 1.29 is 53.3 Å². The van der Waals surface area contributed by atoms with Crippen LogP contribution in [0.4, 0.5) is 0 Å². The number of allylic oxidation sites excluding steroid dienone is 6. The molecule has 0 bridgehead atoms. The van der Waals surface area contributed by atoms with E-state index in [2.05, 4.69) is 54.8 Å². The van der Waals surface area contributed by atoms with E-state index in [0.29, 0.717) is 32.1 Å². The van der Waals surface area contributed by atoms with Gasteiger partial charge in [-0.05, 0) is 70.1 Å². The number of carbonyl (C=O) groups excluding carboxylic acids is 2. The van der Waals surface area contributed by atoms with E-state index in [1.165, 1.54) is 19.3 Å². The van der Waals surface area contributed by atoms with Gasteiger partial charge in [-0.1, -0.05) is 127 Å². The molecular formula is C43H75O11P. The fourth-order valence-electron chi connectivity index (χ4n) is 6.71. The van der Waals surface area contributed by atoms with Gasteiger partial charge in [0.05, 0.1) is 24.9 Å². The van der Waals surface area contributed by atoms with Gasteiger partial charge in [0.1, 0.15) is 6.61 Å². The minimum Gasteiger partial charge on any atom is -0.462 e. The summed E-state index contributed by atoms with van der Waals surface area (Å²) >= 11 is 0. The molecule has 12 heteroatoms. The van der Waals surface area contributed by atoms with Gasteiger partial charge in [-0.3, -0.25) is 14.1 Å². The molecule has 0 aromatic heterocycles. The molecule has 0 aromatic carbocycles. The summed E-state index contributed by atoms with van der Waals surface area (Å²) in [5.74, 6) is -1.36. The topological polar surface area (TPSA) is 180 Å². The number of ether oxygens (including phenoxy) is 2. The van der Waals surface area contributed by atoms with Crippen LogP contribution < -0.4 is 0 Å². The molecule has 0 radical (unpaired) electrons. The van der Waals surface area contributed by atoms with E-state index in [0.717, 1.165) is 83.5 Å². The third-order valence-electron chi connectivity index (χ3n) is 9.92. The summed E-state index contributed by atoms with van der Waals surface area (Å²) in [5.41, 5.74) is 0. The lowest BCUT2D eigenvalue weighted by molar-refractivity contribution is -0.161. The third-order valence-corrected chi connectivity index (χ3v) is 10.4. The quantitative estimate of drug-likeness (QED) is 0.0181. The van der Waals surface area contributed by atoms with Crippen LogP contribution in [0.25, 0.3) is 0 Å². The second kappa shape index (κ2) is 32.9. The normalized spacial score (nSPS) is 20.3. The SMILES string of the molecule is CCCCC/C=C\C/C=C\C/C=C\CCCCCCC(=O)OC[C@H](COP(=O)(O)O)OC(=O)CCCCCC[C@@H]1[C@@H](/C=C/[C@@H](O)CCCCC)[C@H](O)C[C@@H]1O. The molecule has 5 N–H and O–H groups in total. The highest BCUT2D eigenvalue weighted by atomic mass is 31.2. The Morgan fingerprint density at radius 3 is 1.91 bits per heavy atom. The van der Waals surface area contributed by atoms with Gasteiger partial charge in [0.15, 0.2) is 6.10 Å². The van der Waals surface area contributed by atoms with Gasteiger partial charge in [0.25, 0.3) is 0 Å². The molecule has 0 saturated heterocycles. The van der Waals surface area contributed by atoms with Gasteiger partial charge in [-0.15, -0.1) is 0 Å². The van der Waals surface area contributed by atoms with Crippen molar-refractivity contribution in [3.63, 3.8) is 0 Å². The number of hydrogen-bond acceptors (Lipinski definition) is 9. The van der Waals surface area contributed by atoms with E-state index in [1.54, 1.807) is 6.08 Å². The number of carbonyl (C=O) groups is 2. The predicted molar refractivity (Wildman–Crippen MR) is 218 cm³/mol. The molecule has 1 aliphatic carbocycles. The lowest BCUT2D eigenvalue weighted by Gasteiger charge is -2.21. The maximum Gasteiger partial charge on any atom is 0.469 e. The minimum atomic E-state index is -4.82. The van der Waals surface area contributed by atoms with Crippen molar-refractivity contribution in [2.75, 3.05) is 13.2 Å². The average Bonchev–Trinajstić information content (AvgIpc) is 3.41. The van der Waals surface area contributed by atoms with Crippen LogP contribution in [-0.2, 0) is 28.2 Å². The molecule has 0 aliphatic heterocycles. The maximum absolute atomic E-state index is 12.5. The zero-order valence-corrected chi connectivity index (χ0v) is 34.8. The fraction of sp³-hybridized carbons (Fsp3) is 0.767. The summed E-state index contributed by atoms with van der Waals surface area (Å²) in [6.45, 7) is 3.36. The highest BCUT2D eigenvalue weighted by molar-refractivity contribution is 7.46. The number of rotatable bonds is 34. The van der Waals surface area contributed by atoms with Crippen molar-refractivity contribution in [3.05, 3.63) is 48.6 Å². The zero-order chi connectivity index (χ0) is 40.6. The highest BCUT2D eigenvalue weighted by Gasteiger charge is 2.39. The van der Waals surface area contributed by atoms with Crippen molar-refractivity contribution in [1.29, 1.82) is 0 Å². The number of esters is 2.